The number of aromatic nitrogens is 2. The average molecular weight is 303 g/mol. The molecule has 2 heterocycles. The van der Waals surface area contributed by atoms with Crippen molar-refractivity contribution in [2.24, 2.45) is 5.73 Å². The predicted octanol–water partition coefficient (Wildman–Crippen LogP) is 3.53. The zero-order valence-corrected chi connectivity index (χ0v) is 13.1. The quantitative estimate of drug-likeness (QED) is 0.804. The third-order valence-electron chi connectivity index (χ3n) is 3.67. The standard InChI is InChI=1S/C19H17N3O/c1-12-8-13(2)10-15(9-12)16-5-7-22-18(17(16)19(20)23)14-4-3-6-21-11-14/h3-11H,1-2H3,(H2,20,23). The first-order valence-corrected chi connectivity index (χ1v) is 7.34. The van der Waals surface area contributed by atoms with E-state index < -0.39 is 5.91 Å². The van der Waals surface area contributed by atoms with Crippen LogP contribution in [0.4, 0.5) is 0 Å². The van der Waals surface area contributed by atoms with Gasteiger partial charge < -0.3 is 5.73 Å². The first kappa shape index (κ1) is 14.9. The number of rotatable bonds is 3. The van der Waals surface area contributed by atoms with Gasteiger partial charge in [-0.3, -0.25) is 14.8 Å². The Morgan fingerprint density at radius 2 is 1.74 bits per heavy atom. The Bertz CT molecular complexity index is 853. The number of carbonyl (C=O) groups is 1. The summed E-state index contributed by atoms with van der Waals surface area (Å²) in [6.45, 7) is 4.06. The van der Waals surface area contributed by atoms with Crippen molar-refractivity contribution in [2.45, 2.75) is 13.8 Å². The van der Waals surface area contributed by atoms with Gasteiger partial charge in [0, 0.05) is 24.2 Å². The Labute approximate surface area is 135 Å². The highest BCUT2D eigenvalue weighted by atomic mass is 16.1. The summed E-state index contributed by atoms with van der Waals surface area (Å²) in [5.41, 5.74) is 11.4. The lowest BCUT2D eigenvalue weighted by atomic mass is 9.94. The maximum Gasteiger partial charge on any atom is 0.251 e. The first-order chi connectivity index (χ1) is 11.1. The van der Waals surface area contributed by atoms with Crippen LogP contribution in [0.1, 0.15) is 21.5 Å². The number of carbonyl (C=O) groups excluding carboxylic acids is 1. The van der Waals surface area contributed by atoms with Crippen molar-refractivity contribution in [3.8, 4) is 22.4 Å². The molecule has 0 bridgehead atoms. The van der Waals surface area contributed by atoms with Gasteiger partial charge in [-0.2, -0.15) is 0 Å². The molecule has 0 saturated heterocycles. The molecule has 0 fully saturated rings. The Balaban J connectivity index is 2.28. The number of benzene rings is 1. The maximum atomic E-state index is 12.1. The van der Waals surface area contributed by atoms with E-state index in [1.54, 1.807) is 18.6 Å². The van der Waals surface area contributed by atoms with Gasteiger partial charge in [-0.1, -0.05) is 29.3 Å². The highest BCUT2D eigenvalue weighted by Gasteiger charge is 2.18. The van der Waals surface area contributed by atoms with Gasteiger partial charge in [0.2, 0.25) is 0 Å². The fourth-order valence-electron chi connectivity index (χ4n) is 2.80. The lowest BCUT2D eigenvalue weighted by Crippen LogP contribution is -2.15. The van der Waals surface area contributed by atoms with E-state index in [0.29, 0.717) is 11.3 Å². The molecule has 3 aromatic rings. The Hall–Kier alpha value is -3.01. The van der Waals surface area contributed by atoms with Gasteiger partial charge in [-0.05, 0) is 43.2 Å². The van der Waals surface area contributed by atoms with E-state index in [1.165, 1.54) is 0 Å². The van der Waals surface area contributed by atoms with Crippen molar-refractivity contribution >= 4 is 5.91 Å². The van der Waals surface area contributed by atoms with Gasteiger partial charge in [0.15, 0.2) is 0 Å². The van der Waals surface area contributed by atoms with Crippen LogP contribution < -0.4 is 5.73 Å². The van der Waals surface area contributed by atoms with Gasteiger partial charge in [0.05, 0.1) is 11.3 Å². The van der Waals surface area contributed by atoms with Crippen LogP contribution in [0, 0.1) is 13.8 Å². The van der Waals surface area contributed by atoms with Crippen LogP contribution in [-0.4, -0.2) is 15.9 Å². The number of pyridine rings is 2. The normalized spacial score (nSPS) is 10.5. The van der Waals surface area contributed by atoms with E-state index >= 15 is 0 Å². The highest BCUT2D eigenvalue weighted by Crippen LogP contribution is 2.31. The topological polar surface area (TPSA) is 68.9 Å². The van der Waals surface area contributed by atoms with Crippen molar-refractivity contribution < 1.29 is 4.79 Å². The minimum atomic E-state index is -0.494. The summed E-state index contributed by atoms with van der Waals surface area (Å²) in [6, 6.07) is 11.7. The van der Waals surface area contributed by atoms with E-state index in [2.05, 4.69) is 16.0 Å². The van der Waals surface area contributed by atoms with Gasteiger partial charge in [0.1, 0.15) is 0 Å². The molecular formula is C19H17N3O. The van der Waals surface area contributed by atoms with Crippen molar-refractivity contribution in [2.75, 3.05) is 0 Å². The molecule has 4 heteroatoms. The lowest BCUT2D eigenvalue weighted by Gasteiger charge is -2.13. The zero-order chi connectivity index (χ0) is 16.4. The Morgan fingerprint density at radius 1 is 1.00 bits per heavy atom. The summed E-state index contributed by atoms with van der Waals surface area (Å²) >= 11 is 0. The molecule has 1 aromatic carbocycles. The van der Waals surface area contributed by atoms with Crippen molar-refractivity contribution in [3.63, 3.8) is 0 Å². The molecule has 0 unspecified atom stereocenters. The molecule has 0 spiro atoms. The molecular weight excluding hydrogens is 286 g/mol. The molecule has 114 valence electrons. The smallest absolute Gasteiger partial charge is 0.251 e. The summed E-state index contributed by atoms with van der Waals surface area (Å²) in [5.74, 6) is -0.494. The predicted molar refractivity (Wildman–Crippen MR) is 90.9 cm³/mol. The minimum absolute atomic E-state index is 0.422. The second-order valence-corrected chi connectivity index (χ2v) is 5.56. The van der Waals surface area contributed by atoms with Crippen LogP contribution >= 0.6 is 0 Å². The molecule has 0 aliphatic carbocycles. The minimum Gasteiger partial charge on any atom is -0.366 e. The molecule has 2 N–H and O–H groups in total. The molecule has 0 saturated carbocycles. The fourth-order valence-corrected chi connectivity index (χ4v) is 2.80. The summed E-state index contributed by atoms with van der Waals surface area (Å²) in [5, 5.41) is 0. The molecule has 4 nitrogen and oxygen atoms in total. The molecule has 1 amide bonds. The van der Waals surface area contributed by atoms with Gasteiger partial charge in [-0.25, -0.2) is 0 Å². The number of primary amides is 1. The first-order valence-electron chi connectivity index (χ1n) is 7.34. The fraction of sp³-hybridized carbons (Fsp3) is 0.105. The number of amides is 1. The van der Waals surface area contributed by atoms with Crippen LogP contribution in [0.5, 0.6) is 0 Å². The average Bonchev–Trinajstić information content (AvgIpc) is 2.54. The van der Waals surface area contributed by atoms with E-state index in [9.17, 15) is 4.79 Å². The van der Waals surface area contributed by atoms with Crippen LogP contribution in [0.3, 0.4) is 0 Å². The van der Waals surface area contributed by atoms with E-state index in [1.807, 2.05) is 44.2 Å². The highest BCUT2D eigenvalue weighted by molar-refractivity contribution is 6.05. The van der Waals surface area contributed by atoms with Crippen LogP contribution in [0.25, 0.3) is 22.4 Å². The van der Waals surface area contributed by atoms with Crippen molar-refractivity contribution in [3.05, 3.63) is 71.7 Å². The van der Waals surface area contributed by atoms with Gasteiger partial charge in [-0.15, -0.1) is 0 Å². The molecule has 2 aromatic heterocycles. The number of hydrogen-bond acceptors (Lipinski definition) is 3. The number of nitrogens with zero attached hydrogens (tertiary/aromatic N) is 2. The van der Waals surface area contributed by atoms with Crippen molar-refractivity contribution in [1.82, 2.24) is 9.97 Å². The second kappa shape index (κ2) is 6.01. The number of nitrogens with two attached hydrogens (primary N) is 1. The molecule has 0 aliphatic rings. The SMILES string of the molecule is Cc1cc(C)cc(-c2ccnc(-c3cccnc3)c2C(N)=O)c1. The molecule has 23 heavy (non-hydrogen) atoms. The largest absolute Gasteiger partial charge is 0.366 e. The summed E-state index contributed by atoms with van der Waals surface area (Å²) < 4.78 is 0. The van der Waals surface area contributed by atoms with Gasteiger partial charge in [0.25, 0.3) is 5.91 Å². The third kappa shape index (κ3) is 2.97. The summed E-state index contributed by atoms with van der Waals surface area (Å²) in [7, 11) is 0. The molecule has 3 rings (SSSR count). The van der Waals surface area contributed by atoms with E-state index in [0.717, 1.165) is 27.8 Å². The summed E-state index contributed by atoms with van der Waals surface area (Å²) in [6.07, 6.45) is 5.06. The lowest BCUT2D eigenvalue weighted by molar-refractivity contribution is 0.100. The van der Waals surface area contributed by atoms with E-state index in [4.69, 9.17) is 5.73 Å². The third-order valence-corrected chi connectivity index (χ3v) is 3.67. The van der Waals surface area contributed by atoms with Crippen LogP contribution in [0.15, 0.2) is 55.0 Å². The Morgan fingerprint density at radius 3 is 2.35 bits per heavy atom. The molecule has 0 aliphatic heterocycles. The van der Waals surface area contributed by atoms with Crippen molar-refractivity contribution in [1.29, 1.82) is 0 Å². The maximum absolute atomic E-state index is 12.1. The molecule has 0 atom stereocenters. The second-order valence-electron chi connectivity index (χ2n) is 5.56. The summed E-state index contributed by atoms with van der Waals surface area (Å²) in [4.78, 5) is 20.6. The number of hydrogen-bond donors (Lipinski definition) is 1. The van der Waals surface area contributed by atoms with Crippen LogP contribution in [0.2, 0.25) is 0 Å². The van der Waals surface area contributed by atoms with Gasteiger partial charge >= 0.3 is 0 Å². The molecule has 0 radical (unpaired) electrons. The monoisotopic (exact) mass is 303 g/mol. The zero-order valence-electron chi connectivity index (χ0n) is 13.1. The Kier molecular flexibility index (Phi) is 3.89. The van der Waals surface area contributed by atoms with Crippen LogP contribution in [-0.2, 0) is 0 Å². The van der Waals surface area contributed by atoms with E-state index in [-0.39, 0.29) is 0 Å². The number of aryl methyl sites for hydroxylation is 2.